The number of H-pyrrole nitrogens is 1. The minimum Gasteiger partial charge on any atom is -0.338 e. The second kappa shape index (κ2) is 8.94. The van der Waals surface area contributed by atoms with Crippen LogP contribution >= 0.6 is 11.6 Å². The Bertz CT molecular complexity index is 1420. The van der Waals surface area contributed by atoms with Gasteiger partial charge in [0.15, 0.2) is 11.2 Å². The number of fused-ring (bicyclic) bond motifs is 1. The van der Waals surface area contributed by atoms with Gasteiger partial charge in [0, 0.05) is 24.0 Å². The zero-order chi connectivity index (χ0) is 23.8. The minimum atomic E-state index is -0.885. The van der Waals surface area contributed by atoms with Crippen LogP contribution in [0, 0.1) is 11.6 Å². The molecule has 11 heteroatoms. The lowest BCUT2D eigenvalue weighted by Gasteiger charge is -2.31. The largest absolute Gasteiger partial charge is 0.338 e. The number of hydrogen-bond donors (Lipinski definition) is 1. The monoisotopic (exact) mass is 484 g/mol. The number of likely N-dealkylation sites (tertiary alicyclic amines) is 1. The molecule has 0 bridgehead atoms. The van der Waals surface area contributed by atoms with Gasteiger partial charge in [-0.2, -0.15) is 0 Å². The number of aromatic nitrogens is 5. The van der Waals surface area contributed by atoms with E-state index < -0.39 is 28.7 Å². The van der Waals surface area contributed by atoms with Crippen LogP contribution in [0.4, 0.5) is 8.78 Å². The van der Waals surface area contributed by atoms with Crippen LogP contribution in [0.5, 0.6) is 0 Å². The number of carbonyl (C=O) groups excluding carboxylic acids is 1. The number of amides is 1. The van der Waals surface area contributed by atoms with Gasteiger partial charge in [-0.3, -0.25) is 9.59 Å². The summed E-state index contributed by atoms with van der Waals surface area (Å²) in [7, 11) is 0. The standard InChI is InChI=1S/C23H19ClF2N6O2/c24-15-4-1-3-13(11-15)12-32-21-19(29-30-32)22(33)28-20(27-21)14-7-9-31(10-8-14)23(34)18-16(25)5-2-6-17(18)26/h1-6,11,14H,7-10,12H2,(H,27,28,33). The van der Waals surface area contributed by atoms with Crippen LogP contribution < -0.4 is 5.56 Å². The first kappa shape index (κ1) is 22.1. The van der Waals surface area contributed by atoms with E-state index >= 15 is 0 Å². The average Bonchev–Trinajstić information content (AvgIpc) is 3.22. The number of aromatic amines is 1. The highest BCUT2D eigenvalue weighted by molar-refractivity contribution is 6.30. The third-order valence-corrected chi connectivity index (χ3v) is 6.19. The molecule has 1 aliphatic rings. The van der Waals surface area contributed by atoms with E-state index in [0.717, 1.165) is 17.7 Å². The molecule has 34 heavy (non-hydrogen) atoms. The number of benzene rings is 2. The highest BCUT2D eigenvalue weighted by Gasteiger charge is 2.29. The molecule has 2 aromatic carbocycles. The summed E-state index contributed by atoms with van der Waals surface area (Å²) >= 11 is 6.06. The van der Waals surface area contributed by atoms with E-state index in [4.69, 9.17) is 11.6 Å². The summed E-state index contributed by atoms with van der Waals surface area (Å²) in [6.45, 7) is 0.895. The summed E-state index contributed by atoms with van der Waals surface area (Å²) in [4.78, 5) is 34.1. The second-order valence-corrected chi connectivity index (χ2v) is 8.60. The van der Waals surface area contributed by atoms with Gasteiger partial charge in [0.05, 0.1) is 6.54 Å². The van der Waals surface area contributed by atoms with Crippen molar-refractivity contribution in [1.29, 1.82) is 0 Å². The fourth-order valence-corrected chi connectivity index (χ4v) is 4.42. The molecule has 0 aliphatic carbocycles. The van der Waals surface area contributed by atoms with E-state index in [-0.39, 0.29) is 24.5 Å². The Hall–Kier alpha value is -3.66. The topological polar surface area (TPSA) is 96.8 Å². The molecule has 5 rings (SSSR count). The molecule has 0 unspecified atom stereocenters. The van der Waals surface area contributed by atoms with Crippen molar-refractivity contribution in [2.24, 2.45) is 0 Å². The van der Waals surface area contributed by atoms with Crippen LogP contribution in [0.2, 0.25) is 5.02 Å². The smallest absolute Gasteiger partial charge is 0.281 e. The van der Waals surface area contributed by atoms with Crippen LogP contribution in [0.1, 0.15) is 40.5 Å². The van der Waals surface area contributed by atoms with Crippen molar-refractivity contribution in [2.45, 2.75) is 25.3 Å². The molecule has 2 aromatic heterocycles. The molecule has 1 saturated heterocycles. The minimum absolute atomic E-state index is 0.133. The molecule has 174 valence electrons. The number of carbonyl (C=O) groups is 1. The Labute approximate surface area is 197 Å². The number of hydrogen-bond acceptors (Lipinski definition) is 5. The maximum atomic E-state index is 14.0. The molecule has 3 heterocycles. The predicted molar refractivity (Wildman–Crippen MR) is 121 cm³/mol. The Kier molecular flexibility index (Phi) is 5.82. The number of piperidine rings is 1. The van der Waals surface area contributed by atoms with E-state index in [1.165, 1.54) is 11.0 Å². The highest BCUT2D eigenvalue weighted by atomic mass is 35.5. The Balaban J connectivity index is 1.36. The summed E-state index contributed by atoms with van der Waals surface area (Å²) < 4.78 is 29.6. The van der Waals surface area contributed by atoms with Crippen molar-refractivity contribution >= 4 is 28.7 Å². The SMILES string of the molecule is O=C(c1c(F)cccc1F)N1CCC(c2nc3c(nnn3Cc3cccc(Cl)c3)c(=O)[nH]2)CC1. The number of halogens is 3. The lowest BCUT2D eigenvalue weighted by atomic mass is 9.95. The Morgan fingerprint density at radius 2 is 1.82 bits per heavy atom. The maximum absolute atomic E-state index is 14.0. The zero-order valence-electron chi connectivity index (χ0n) is 17.8. The van der Waals surface area contributed by atoms with Gasteiger partial charge in [-0.1, -0.05) is 35.0 Å². The van der Waals surface area contributed by atoms with Gasteiger partial charge < -0.3 is 9.88 Å². The fourth-order valence-electron chi connectivity index (χ4n) is 4.21. The van der Waals surface area contributed by atoms with Crippen molar-refractivity contribution in [3.63, 3.8) is 0 Å². The Morgan fingerprint density at radius 1 is 1.12 bits per heavy atom. The van der Waals surface area contributed by atoms with Gasteiger partial charge in [0.25, 0.3) is 11.5 Å². The Morgan fingerprint density at radius 3 is 2.53 bits per heavy atom. The molecular formula is C23H19ClF2N6O2. The molecule has 1 amide bonds. The molecular weight excluding hydrogens is 466 g/mol. The third kappa shape index (κ3) is 4.16. The first-order valence-corrected chi connectivity index (χ1v) is 11.1. The molecule has 4 aromatic rings. The third-order valence-electron chi connectivity index (χ3n) is 5.96. The van der Waals surface area contributed by atoms with Crippen molar-refractivity contribution in [3.05, 3.63) is 86.4 Å². The predicted octanol–water partition coefficient (Wildman–Crippen LogP) is 3.51. The van der Waals surface area contributed by atoms with Crippen LogP contribution in [-0.4, -0.2) is 48.9 Å². The molecule has 1 N–H and O–H groups in total. The first-order chi connectivity index (χ1) is 16.4. The van der Waals surface area contributed by atoms with Crippen LogP contribution in [0.25, 0.3) is 11.2 Å². The van der Waals surface area contributed by atoms with E-state index in [1.54, 1.807) is 16.8 Å². The normalized spacial score (nSPS) is 14.6. The second-order valence-electron chi connectivity index (χ2n) is 8.16. The van der Waals surface area contributed by atoms with Crippen LogP contribution in [-0.2, 0) is 6.54 Å². The van der Waals surface area contributed by atoms with E-state index in [0.29, 0.717) is 35.9 Å². The van der Waals surface area contributed by atoms with Crippen LogP contribution in [0.3, 0.4) is 0 Å². The molecule has 0 spiro atoms. The molecule has 0 radical (unpaired) electrons. The van der Waals surface area contributed by atoms with Crippen molar-refractivity contribution in [3.8, 4) is 0 Å². The summed E-state index contributed by atoms with van der Waals surface area (Å²) in [6.07, 6.45) is 0.957. The van der Waals surface area contributed by atoms with Gasteiger partial charge in [-0.25, -0.2) is 18.4 Å². The molecule has 0 saturated carbocycles. The molecule has 0 atom stereocenters. The van der Waals surface area contributed by atoms with Gasteiger partial charge in [-0.15, -0.1) is 5.10 Å². The quantitative estimate of drug-likeness (QED) is 0.478. The lowest BCUT2D eigenvalue weighted by molar-refractivity contribution is 0.0701. The summed E-state index contributed by atoms with van der Waals surface area (Å²) in [6, 6.07) is 10.6. The fraction of sp³-hybridized carbons (Fsp3) is 0.261. The van der Waals surface area contributed by atoms with Crippen molar-refractivity contribution in [1.82, 2.24) is 29.9 Å². The van der Waals surface area contributed by atoms with Gasteiger partial charge in [0.2, 0.25) is 0 Å². The lowest BCUT2D eigenvalue weighted by Crippen LogP contribution is -2.39. The van der Waals surface area contributed by atoms with Gasteiger partial charge in [0.1, 0.15) is 23.0 Å². The summed E-state index contributed by atoms with van der Waals surface area (Å²) in [5.41, 5.74) is 0.420. The molecule has 8 nitrogen and oxygen atoms in total. The maximum Gasteiger partial charge on any atom is 0.281 e. The van der Waals surface area contributed by atoms with E-state index in [2.05, 4.69) is 20.3 Å². The summed E-state index contributed by atoms with van der Waals surface area (Å²) in [5, 5.41) is 8.62. The van der Waals surface area contributed by atoms with Gasteiger partial charge in [-0.05, 0) is 42.7 Å². The number of rotatable bonds is 4. The van der Waals surface area contributed by atoms with E-state index in [9.17, 15) is 18.4 Å². The van der Waals surface area contributed by atoms with Crippen LogP contribution in [0.15, 0.2) is 47.3 Å². The van der Waals surface area contributed by atoms with Crippen molar-refractivity contribution in [2.75, 3.05) is 13.1 Å². The molecule has 1 fully saturated rings. The zero-order valence-corrected chi connectivity index (χ0v) is 18.6. The first-order valence-electron chi connectivity index (χ1n) is 10.7. The van der Waals surface area contributed by atoms with Crippen molar-refractivity contribution < 1.29 is 13.6 Å². The number of nitrogens with one attached hydrogen (secondary N) is 1. The highest BCUT2D eigenvalue weighted by Crippen LogP contribution is 2.27. The average molecular weight is 485 g/mol. The van der Waals surface area contributed by atoms with Gasteiger partial charge >= 0.3 is 0 Å². The summed E-state index contributed by atoms with van der Waals surface area (Å²) in [5.74, 6) is -2.12. The molecule has 1 aliphatic heterocycles. The van der Waals surface area contributed by atoms with E-state index in [1.807, 2.05) is 12.1 Å². The number of nitrogens with zero attached hydrogens (tertiary/aromatic N) is 5.